The van der Waals surface area contributed by atoms with Crippen LogP contribution in [0.25, 0.3) is 0 Å². The van der Waals surface area contributed by atoms with Gasteiger partial charge in [-0.15, -0.1) is 11.3 Å². The summed E-state index contributed by atoms with van der Waals surface area (Å²) in [7, 11) is 0. The lowest BCUT2D eigenvalue weighted by Crippen LogP contribution is -2.16. The fraction of sp³-hybridized carbons (Fsp3) is 0.0909. The Morgan fingerprint density at radius 2 is 2.11 bits per heavy atom. The summed E-state index contributed by atoms with van der Waals surface area (Å²) in [6.07, 6.45) is 0. The van der Waals surface area contributed by atoms with E-state index in [1.165, 1.54) is 17.4 Å². The molecular formula is C11H11N3O3S. The fourth-order valence-corrected chi connectivity index (χ4v) is 2.16. The minimum absolute atomic E-state index is 0.138. The molecule has 0 radical (unpaired) electrons. The van der Waals surface area contributed by atoms with Gasteiger partial charge in [0.1, 0.15) is 10.8 Å². The van der Waals surface area contributed by atoms with Gasteiger partial charge in [-0.2, -0.15) is 0 Å². The number of primary amides is 1. The second kappa shape index (κ2) is 5.03. The van der Waals surface area contributed by atoms with Gasteiger partial charge < -0.3 is 21.2 Å². The first-order chi connectivity index (χ1) is 8.61. The smallest absolute Gasteiger partial charge is 0.291 e. The van der Waals surface area contributed by atoms with Gasteiger partial charge in [-0.3, -0.25) is 9.59 Å². The molecule has 5 N–H and O–H groups in total. The van der Waals surface area contributed by atoms with Gasteiger partial charge in [0.25, 0.3) is 11.8 Å². The van der Waals surface area contributed by atoms with Crippen molar-refractivity contribution in [3.63, 3.8) is 0 Å². The van der Waals surface area contributed by atoms with Crippen LogP contribution in [0.4, 0.5) is 5.00 Å². The summed E-state index contributed by atoms with van der Waals surface area (Å²) >= 11 is 1.21. The second-order valence-electron chi connectivity index (χ2n) is 3.45. The first-order valence-electron chi connectivity index (χ1n) is 5.09. The summed E-state index contributed by atoms with van der Waals surface area (Å²) in [6.45, 7) is 0.221. The molecule has 0 saturated heterocycles. The third-order valence-electron chi connectivity index (χ3n) is 2.24. The minimum Gasteiger partial charge on any atom is -0.455 e. The van der Waals surface area contributed by atoms with Crippen molar-refractivity contribution in [1.29, 1.82) is 0 Å². The van der Waals surface area contributed by atoms with Gasteiger partial charge in [0.2, 0.25) is 0 Å². The Hall–Kier alpha value is -2.12. The Kier molecular flexibility index (Phi) is 3.45. The Morgan fingerprint density at radius 3 is 2.72 bits per heavy atom. The fourth-order valence-electron chi connectivity index (χ4n) is 1.37. The summed E-state index contributed by atoms with van der Waals surface area (Å²) in [5.74, 6) is -0.381. The molecule has 0 aliphatic heterocycles. The number of hydrogen-bond donors (Lipinski definition) is 3. The van der Waals surface area contributed by atoms with E-state index in [9.17, 15) is 9.59 Å². The molecule has 0 bridgehead atoms. The van der Waals surface area contributed by atoms with E-state index in [1.807, 2.05) is 0 Å². The van der Waals surface area contributed by atoms with Crippen molar-refractivity contribution in [3.05, 3.63) is 40.7 Å². The van der Waals surface area contributed by atoms with Gasteiger partial charge in [0, 0.05) is 0 Å². The Morgan fingerprint density at radius 1 is 1.33 bits per heavy atom. The highest BCUT2D eigenvalue weighted by molar-refractivity contribution is 7.14. The van der Waals surface area contributed by atoms with Crippen molar-refractivity contribution in [3.8, 4) is 0 Å². The molecule has 94 valence electrons. The number of carbonyl (C=O) groups excluding carboxylic acids is 2. The predicted molar refractivity (Wildman–Crippen MR) is 67.4 cm³/mol. The van der Waals surface area contributed by atoms with Crippen LogP contribution in [0.3, 0.4) is 0 Å². The minimum atomic E-state index is -0.589. The number of carbonyl (C=O) groups is 2. The van der Waals surface area contributed by atoms with Gasteiger partial charge >= 0.3 is 0 Å². The molecule has 0 saturated carbocycles. The van der Waals surface area contributed by atoms with E-state index < -0.39 is 11.8 Å². The maximum atomic E-state index is 11.8. The van der Waals surface area contributed by atoms with Crippen LogP contribution in [-0.2, 0) is 6.54 Å². The van der Waals surface area contributed by atoms with Crippen LogP contribution in [0.15, 0.2) is 28.0 Å². The maximum absolute atomic E-state index is 11.8. The van der Waals surface area contributed by atoms with Crippen molar-refractivity contribution in [1.82, 2.24) is 0 Å². The Labute approximate surface area is 107 Å². The van der Waals surface area contributed by atoms with Gasteiger partial charge in [-0.05, 0) is 23.6 Å². The zero-order chi connectivity index (χ0) is 13.1. The number of nitrogens with one attached hydrogen (secondary N) is 1. The molecule has 0 unspecified atom stereocenters. The zero-order valence-electron chi connectivity index (χ0n) is 9.30. The van der Waals surface area contributed by atoms with Crippen LogP contribution in [0.5, 0.6) is 0 Å². The predicted octanol–water partition coefficient (Wildman–Crippen LogP) is 1.15. The normalized spacial score (nSPS) is 10.3. The molecule has 2 aromatic rings. The highest BCUT2D eigenvalue weighted by Crippen LogP contribution is 2.23. The van der Waals surface area contributed by atoms with E-state index in [-0.39, 0.29) is 17.9 Å². The highest BCUT2D eigenvalue weighted by atomic mass is 32.1. The lowest BCUT2D eigenvalue weighted by Gasteiger charge is -2.01. The van der Waals surface area contributed by atoms with Crippen LogP contribution < -0.4 is 16.8 Å². The molecule has 2 rings (SSSR count). The molecule has 18 heavy (non-hydrogen) atoms. The standard InChI is InChI=1S/C11H11N3O3S/c12-5-6-1-2-8(17-6)10(16)14-11-7(9(13)15)3-4-18-11/h1-4H,5,12H2,(H2,13,15)(H,14,16). The van der Waals surface area contributed by atoms with Crippen molar-refractivity contribution < 1.29 is 14.0 Å². The molecule has 2 amide bonds. The summed E-state index contributed by atoms with van der Waals surface area (Å²) < 4.78 is 5.20. The largest absolute Gasteiger partial charge is 0.455 e. The lowest BCUT2D eigenvalue weighted by atomic mass is 10.3. The monoisotopic (exact) mass is 265 g/mol. The summed E-state index contributed by atoms with van der Waals surface area (Å²) in [4.78, 5) is 22.9. The molecule has 6 nitrogen and oxygen atoms in total. The second-order valence-corrected chi connectivity index (χ2v) is 4.37. The molecule has 0 fully saturated rings. The highest BCUT2D eigenvalue weighted by Gasteiger charge is 2.15. The molecule has 0 aliphatic carbocycles. The van der Waals surface area contributed by atoms with Crippen molar-refractivity contribution in [2.75, 3.05) is 5.32 Å². The van der Waals surface area contributed by atoms with E-state index in [0.29, 0.717) is 10.8 Å². The zero-order valence-corrected chi connectivity index (χ0v) is 10.1. The molecule has 7 heteroatoms. The van der Waals surface area contributed by atoms with Crippen molar-refractivity contribution in [2.24, 2.45) is 11.5 Å². The summed E-state index contributed by atoms with van der Waals surface area (Å²) in [5.41, 5.74) is 10.8. The Balaban J connectivity index is 2.16. The summed E-state index contributed by atoms with van der Waals surface area (Å²) in [6, 6.07) is 4.70. The van der Waals surface area contributed by atoms with Crippen molar-refractivity contribution in [2.45, 2.75) is 6.54 Å². The van der Waals surface area contributed by atoms with E-state index in [4.69, 9.17) is 15.9 Å². The molecule has 0 spiro atoms. The molecule has 2 heterocycles. The molecule has 0 atom stereocenters. The number of rotatable bonds is 4. The quantitative estimate of drug-likeness (QED) is 0.769. The average Bonchev–Trinajstić information content (AvgIpc) is 2.96. The number of amides is 2. The van der Waals surface area contributed by atoms with Crippen LogP contribution >= 0.6 is 11.3 Å². The van der Waals surface area contributed by atoms with Gasteiger partial charge in [0.15, 0.2) is 5.76 Å². The van der Waals surface area contributed by atoms with E-state index >= 15 is 0 Å². The molecule has 0 aromatic carbocycles. The third kappa shape index (κ3) is 2.41. The first-order valence-corrected chi connectivity index (χ1v) is 5.97. The van der Waals surface area contributed by atoms with E-state index in [1.54, 1.807) is 17.5 Å². The number of nitrogens with two attached hydrogens (primary N) is 2. The lowest BCUT2D eigenvalue weighted by molar-refractivity contribution is 0.0995. The Bertz CT molecular complexity index is 588. The number of thiophene rings is 1. The molecular weight excluding hydrogens is 254 g/mol. The van der Waals surface area contributed by atoms with Crippen LogP contribution in [0, 0.1) is 0 Å². The molecule has 0 aliphatic rings. The third-order valence-corrected chi connectivity index (χ3v) is 3.07. The molecule has 2 aromatic heterocycles. The first kappa shape index (κ1) is 12.3. The van der Waals surface area contributed by atoms with Gasteiger partial charge in [-0.25, -0.2) is 0 Å². The van der Waals surface area contributed by atoms with E-state index in [0.717, 1.165) is 0 Å². The van der Waals surface area contributed by atoms with Crippen LogP contribution in [-0.4, -0.2) is 11.8 Å². The average molecular weight is 265 g/mol. The van der Waals surface area contributed by atoms with Crippen LogP contribution in [0.1, 0.15) is 26.7 Å². The maximum Gasteiger partial charge on any atom is 0.291 e. The number of anilines is 1. The van der Waals surface area contributed by atoms with Gasteiger partial charge in [-0.1, -0.05) is 0 Å². The van der Waals surface area contributed by atoms with Gasteiger partial charge in [0.05, 0.1) is 12.1 Å². The summed E-state index contributed by atoms with van der Waals surface area (Å²) in [5, 5.41) is 4.64. The van der Waals surface area contributed by atoms with Crippen LogP contribution in [0.2, 0.25) is 0 Å². The van der Waals surface area contributed by atoms with E-state index in [2.05, 4.69) is 5.32 Å². The van der Waals surface area contributed by atoms with Crippen molar-refractivity contribution >= 4 is 28.2 Å². The SMILES string of the molecule is NCc1ccc(C(=O)Nc2sccc2C(N)=O)o1. The number of furan rings is 1. The number of hydrogen-bond acceptors (Lipinski definition) is 5. The topological polar surface area (TPSA) is 111 Å².